The summed E-state index contributed by atoms with van der Waals surface area (Å²) >= 11 is 1.34. The van der Waals surface area contributed by atoms with Gasteiger partial charge in [-0.3, -0.25) is 19.5 Å². The maximum absolute atomic E-state index is 12.5. The van der Waals surface area contributed by atoms with Crippen molar-refractivity contribution in [2.24, 2.45) is 0 Å². The molecule has 148 valence electrons. The molecule has 0 spiro atoms. The van der Waals surface area contributed by atoms with Crippen LogP contribution in [-0.4, -0.2) is 74.4 Å². The van der Waals surface area contributed by atoms with Crippen molar-refractivity contribution < 1.29 is 9.72 Å². The predicted molar refractivity (Wildman–Crippen MR) is 107 cm³/mol. The minimum atomic E-state index is -0.441. The van der Waals surface area contributed by atoms with E-state index in [0.717, 1.165) is 31.7 Å². The zero-order valence-electron chi connectivity index (χ0n) is 15.7. The number of piperazine rings is 1. The monoisotopic (exact) mass is 402 g/mol. The van der Waals surface area contributed by atoms with E-state index in [1.54, 1.807) is 18.2 Å². The Balaban J connectivity index is 1.72. The van der Waals surface area contributed by atoms with Gasteiger partial charge in [-0.15, -0.1) is 16.8 Å². The summed E-state index contributed by atoms with van der Waals surface area (Å²) < 4.78 is 1.86. The number of carbonyl (C=O) groups excluding carboxylic acids is 1. The van der Waals surface area contributed by atoms with Gasteiger partial charge in [-0.05, 0) is 19.2 Å². The number of hydrogen-bond acceptors (Lipinski definition) is 7. The second-order valence-corrected chi connectivity index (χ2v) is 7.42. The number of nitro groups is 1. The lowest BCUT2D eigenvalue weighted by molar-refractivity contribution is -0.384. The Bertz CT molecular complexity index is 859. The van der Waals surface area contributed by atoms with E-state index in [1.807, 2.05) is 16.5 Å². The highest BCUT2D eigenvalue weighted by Gasteiger charge is 2.21. The first-order chi connectivity index (χ1) is 13.5. The van der Waals surface area contributed by atoms with Gasteiger partial charge in [0.1, 0.15) is 0 Å². The van der Waals surface area contributed by atoms with Gasteiger partial charge in [0.15, 0.2) is 11.0 Å². The van der Waals surface area contributed by atoms with E-state index in [2.05, 4.69) is 21.7 Å². The number of carbonyl (C=O) groups is 1. The third-order valence-corrected chi connectivity index (χ3v) is 5.50. The fraction of sp³-hybridized carbons (Fsp3) is 0.389. The molecule has 10 heteroatoms. The van der Waals surface area contributed by atoms with E-state index < -0.39 is 4.92 Å². The first-order valence-electron chi connectivity index (χ1n) is 8.87. The maximum Gasteiger partial charge on any atom is 0.269 e. The van der Waals surface area contributed by atoms with Gasteiger partial charge < -0.3 is 9.80 Å². The van der Waals surface area contributed by atoms with E-state index in [4.69, 9.17) is 0 Å². The Morgan fingerprint density at radius 2 is 1.93 bits per heavy atom. The Morgan fingerprint density at radius 1 is 1.25 bits per heavy atom. The number of hydrogen-bond donors (Lipinski definition) is 0. The van der Waals surface area contributed by atoms with Crippen LogP contribution in [0.5, 0.6) is 0 Å². The summed E-state index contributed by atoms with van der Waals surface area (Å²) in [6, 6.07) is 6.16. The molecule has 0 unspecified atom stereocenters. The van der Waals surface area contributed by atoms with Gasteiger partial charge in [0.25, 0.3) is 5.69 Å². The molecular weight excluding hydrogens is 380 g/mol. The number of nitro benzene ring substituents is 1. The zero-order valence-corrected chi connectivity index (χ0v) is 16.5. The van der Waals surface area contributed by atoms with E-state index in [0.29, 0.717) is 23.3 Å². The summed E-state index contributed by atoms with van der Waals surface area (Å²) in [6.45, 7) is 7.49. The molecule has 0 N–H and O–H groups in total. The lowest BCUT2D eigenvalue weighted by Gasteiger charge is -2.32. The smallest absolute Gasteiger partial charge is 0.269 e. The molecule has 0 atom stereocenters. The second kappa shape index (κ2) is 8.98. The van der Waals surface area contributed by atoms with Gasteiger partial charge in [0.2, 0.25) is 5.91 Å². The topological polar surface area (TPSA) is 97.4 Å². The first kappa shape index (κ1) is 20.0. The fourth-order valence-electron chi connectivity index (χ4n) is 2.91. The number of benzene rings is 1. The van der Waals surface area contributed by atoms with Crippen molar-refractivity contribution in [3.63, 3.8) is 0 Å². The number of non-ortho nitro benzene ring substituents is 1. The molecule has 1 saturated heterocycles. The van der Waals surface area contributed by atoms with Crippen molar-refractivity contribution in [3.8, 4) is 11.4 Å². The molecule has 1 aromatic heterocycles. The molecule has 0 saturated carbocycles. The van der Waals surface area contributed by atoms with Crippen molar-refractivity contribution in [1.29, 1.82) is 0 Å². The van der Waals surface area contributed by atoms with Crippen LogP contribution in [0.2, 0.25) is 0 Å². The molecule has 28 heavy (non-hydrogen) atoms. The van der Waals surface area contributed by atoms with E-state index in [9.17, 15) is 14.9 Å². The summed E-state index contributed by atoms with van der Waals surface area (Å²) in [5.74, 6) is 0.965. The second-order valence-electron chi connectivity index (χ2n) is 6.48. The number of aromatic nitrogens is 3. The SMILES string of the molecule is C=CCn1c(SCC(=O)N2CCN(C)CC2)nnc1-c1ccc([N+](=O)[O-])cc1. The molecule has 2 aromatic rings. The van der Waals surface area contributed by atoms with Gasteiger partial charge >= 0.3 is 0 Å². The fourth-order valence-corrected chi connectivity index (χ4v) is 3.76. The molecule has 1 amide bonds. The van der Waals surface area contributed by atoms with Gasteiger partial charge in [-0.25, -0.2) is 0 Å². The minimum absolute atomic E-state index is 0.0194. The number of allylic oxidation sites excluding steroid dienone is 1. The van der Waals surface area contributed by atoms with Crippen LogP contribution in [-0.2, 0) is 11.3 Å². The third kappa shape index (κ3) is 4.57. The summed E-state index contributed by atoms with van der Waals surface area (Å²) in [4.78, 5) is 26.9. The van der Waals surface area contributed by atoms with Crippen LogP contribution < -0.4 is 0 Å². The molecule has 0 radical (unpaired) electrons. The standard InChI is InChI=1S/C18H22N6O3S/c1-3-8-23-17(14-4-6-15(7-5-14)24(26)27)19-20-18(23)28-13-16(25)22-11-9-21(2)10-12-22/h3-7H,1,8-13H2,2H3. The molecule has 1 aromatic carbocycles. The van der Waals surface area contributed by atoms with Crippen molar-refractivity contribution >= 4 is 23.4 Å². The molecule has 0 bridgehead atoms. The molecular formula is C18H22N6O3S. The molecule has 2 heterocycles. The number of likely N-dealkylation sites (N-methyl/N-ethyl adjacent to an activating group) is 1. The largest absolute Gasteiger partial charge is 0.339 e. The van der Waals surface area contributed by atoms with Gasteiger partial charge in [0, 0.05) is 50.4 Å². The van der Waals surface area contributed by atoms with Crippen molar-refractivity contribution in [1.82, 2.24) is 24.6 Å². The zero-order chi connectivity index (χ0) is 20.1. The van der Waals surface area contributed by atoms with Crippen LogP contribution in [0.3, 0.4) is 0 Å². The maximum atomic E-state index is 12.5. The Labute approximate surface area is 167 Å². The van der Waals surface area contributed by atoms with Crippen molar-refractivity contribution in [2.45, 2.75) is 11.7 Å². The van der Waals surface area contributed by atoms with E-state index in [1.165, 1.54) is 23.9 Å². The Hall–Kier alpha value is -2.72. The number of thioether (sulfide) groups is 1. The average Bonchev–Trinajstić information content (AvgIpc) is 3.09. The predicted octanol–water partition coefficient (Wildman–Crippen LogP) is 1.91. The van der Waals surface area contributed by atoms with Gasteiger partial charge in [-0.1, -0.05) is 17.8 Å². The molecule has 1 fully saturated rings. The molecule has 1 aliphatic rings. The summed E-state index contributed by atoms with van der Waals surface area (Å²) in [5.41, 5.74) is 0.739. The molecule has 9 nitrogen and oxygen atoms in total. The van der Waals surface area contributed by atoms with Crippen LogP contribution in [0.25, 0.3) is 11.4 Å². The summed E-state index contributed by atoms with van der Waals surface area (Å²) in [5, 5.41) is 19.9. The Kier molecular flexibility index (Phi) is 6.42. The first-order valence-corrected chi connectivity index (χ1v) is 9.86. The van der Waals surface area contributed by atoms with E-state index in [-0.39, 0.29) is 11.6 Å². The van der Waals surface area contributed by atoms with Crippen LogP contribution in [0, 0.1) is 10.1 Å². The normalized spacial score (nSPS) is 14.8. The van der Waals surface area contributed by atoms with Crippen molar-refractivity contribution in [2.75, 3.05) is 39.0 Å². The average molecular weight is 402 g/mol. The number of nitrogens with zero attached hydrogens (tertiary/aromatic N) is 6. The third-order valence-electron chi connectivity index (χ3n) is 4.55. The number of amides is 1. The van der Waals surface area contributed by atoms with Gasteiger partial charge in [-0.2, -0.15) is 0 Å². The summed E-state index contributed by atoms with van der Waals surface area (Å²) in [7, 11) is 2.05. The Morgan fingerprint density at radius 3 is 2.54 bits per heavy atom. The molecule has 0 aliphatic carbocycles. The highest BCUT2D eigenvalue weighted by Crippen LogP contribution is 2.26. The van der Waals surface area contributed by atoms with Crippen LogP contribution in [0.4, 0.5) is 5.69 Å². The lowest BCUT2D eigenvalue weighted by atomic mass is 10.2. The van der Waals surface area contributed by atoms with Crippen LogP contribution >= 0.6 is 11.8 Å². The molecule has 1 aliphatic heterocycles. The quantitative estimate of drug-likeness (QED) is 0.302. The molecule has 3 rings (SSSR count). The summed E-state index contributed by atoms with van der Waals surface area (Å²) in [6.07, 6.45) is 1.73. The minimum Gasteiger partial charge on any atom is -0.339 e. The highest BCUT2D eigenvalue weighted by molar-refractivity contribution is 7.99. The lowest BCUT2D eigenvalue weighted by Crippen LogP contribution is -2.47. The highest BCUT2D eigenvalue weighted by atomic mass is 32.2. The van der Waals surface area contributed by atoms with Crippen LogP contribution in [0.1, 0.15) is 0 Å². The van der Waals surface area contributed by atoms with Gasteiger partial charge in [0.05, 0.1) is 10.7 Å². The van der Waals surface area contributed by atoms with Crippen LogP contribution in [0.15, 0.2) is 42.1 Å². The number of rotatable bonds is 7. The van der Waals surface area contributed by atoms with Crippen molar-refractivity contribution in [3.05, 3.63) is 47.0 Å². The van der Waals surface area contributed by atoms with E-state index >= 15 is 0 Å².